The van der Waals surface area contributed by atoms with Gasteiger partial charge in [-0.2, -0.15) is 0 Å². The summed E-state index contributed by atoms with van der Waals surface area (Å²) in [5, 5.41) is 3.38. The Balaban J connectivity index is 2.01. The number of carbonyl (C=O) groups is 1. The maximum Gasteiger partial charge on any atom is 0.166 e. The predicted octanol–water partition coefficient (Wildman–Crippen LogP) is 4.39. The van der Waals surface area contributed by atoms with Crippen molar-refractivity contribution in [2.75, 3.05) is 11.9 Å². The molecule has 0 amide bonds. The van der Waals surface area contributed by atoms with E-state index in [0.29, 0.717) is 0 Å². The van der Waals surface area contributed by atoms with E-state index in [1.54, 1.807) is 0 Å². The van der Waals surface area contributed by atoms with Gasteiger partial charge in [0.25, 0.3) is 0 Å². The highest BCUT2D eigenvalue weighted by atomic mass is 16.1. The molecule has 3 heteroatoms. The maximum atomic E-state index is 10.7. The summed E-state index contributed by atoms with van der Waals surface area (Å²) < 4.78 is 1.90. The van der Waals surface area contributed by atoms with Crippen LogP contribution in [0.1, 0.15) is 68.8 Å². The zero-order valence-corrected chi connectivity index (χ0v) is 12.5. The summed E-state index contributed by atoms with van der Waals surface area (Å²) in [5.41, 5.74) is 0.721. The van der Waals surface area contributed by atoms with Crippen LogP contribution in [0.25, 0.3) is 0 Å². The first-order chi connectivity index (χ1) is 9.29. The van der Waals surface area contributed by atoms with Gasteiger partial charge in [0.15, 0.2) is 6.29 Å². The van der Waals surface area contributed by atoms with Crippen LogP contribution >= 0.6 is 0 Å². The highest BCUT2D eigenvalue weighted by Crippen LogP contribution is 2.12. The molecule has 0 saturated heterocycles. The number of aldehydes is 1. The molecule has 0 aliphatic rings. The molecule has 3 nitrogen and oxygen atoms in total. The first kappa shape index (κ1) is 15.8. The maximum absolute atomic E-state index is 10.7. The van der Waals surface area contributed by atoms with Gasteiger partial charge in [-0.15, -0.1) is 0 Å². The summed E-state index contributed by atoms with van der Waals surface area (Å²) >= 11 is 0. The Morgan fingerprint density at radius 2 is 1.68 bits per heavy atom. The monoisotopic (exact) mass is 264 g/mol. The molecule has 0 atom stereocenters. The van der Waals surface area contributed by atoms with E-state index in [4.69, 9.17) is 0 Å². The molecular formula is C16H28N2O. The molecule has 0 bridgehead atoms. The average Bonchev–Trinajstić information content (AvgIpc) is 2.78. The number of hydrogen-bond acceptors (Lipinski definition) is 2. The molecule has 1 N–H and O–H groups in total. The molecule has 19 heavy (non-hydrogen) atoms. The minimum absolute atomic E-state index is 0.721. The second-order valence-electron chi connectivity index (χ2n) is 5.22. The van der Waals surface area contributed by atoms with Crippen molar-refractivity contribution in [2.24, 2.45) is 7.05 Å². The zero-order chi connectivity index (χ0) is 13.9. The summed E-state index contributed by atoms with van der Waals surface area (Å²) in [6.45, 7) is 3.25. The molecule has 1 rings (SSSR count). The molecule has 1 heterocycles. The molecule has 108 valence electrons. The van der Waals surface area contributed by atoms with Crippen molar-refractivity contribution in [3.63, 3.8) is 0 Å². The molecule has 1 aromatic rings. The summed E-state index contributed by atoms with van der Waals surface area (Å²) in [6.07, 6.45) is 11.6. The van der Waals surface area contributed by atoms with Gasteiger partial charge in [-0.3, -0.25) is 4.79 Å². The molecule has 1 aromatic heterocycles. The Hall–Kier alpha value is -1.25. The number of unbranched alkanes of at least 4 members (excludes halogenated alkanes) is 7. The Morgan fingerprint density at radius 3 is 2.26 bits per heavy atom. The highest BCUT2D eigenvalue weighted by Gasteiger charge is 2.01. The summed E-state index contributed by atoms with van der Waals surface area (Å²) in [5.74, 6) is 1.03. The van der Waals surface area contributed by atoms with E-state index in [-0.39, 0.29) is 0 Å². The largest absolute Gasteiger partial charge is 0.371 e. The van der Waals surface area contributed by atoms with E-state index in [9.17, 15) is 4.79 Å². The van der Waals surface area contributed by atoms with Crippen molar-refractivity contribution in [1.82, 2.24) is 4.57 Å². The normalized spacial score (nSPS) is 10.6. The molecule has 0 radical (unpaired) electrons. The van der Waals surface area contributed by atoms with Crippen molar-refractivity contribution in [1.29, 1.82) is 0 Å². The fourth-order valence-electron chi connectivity index (χ4n) is 2.30. The Morgan fingerprint density at radius 1 is 1.05 bits per heavy atom. The number of nitrogens with zero attached hydrogens (tertiary/aromatic N) is 1. The third-order valence-electron chi connectivity index (χ3n) is 3.62. The Kier molecular flexibility index (Phi) is 8.03. The van der Waals surface area contributed by atoms with Gasteiger partial charge in [-0.25, -0.2) is 0 Å². The quantitative estimate of drug-likeness (QED) is 0.475. The van der Waals surface area contributed by atoms with Gasteiger partial charge >= 0.3 is 0 Å². The molecule has 0 aliphatic carbocycles. The van der Waals surface area contributed by atoms with Gasteiger partial charge < -0.3 is 9.88 Å². The predicted molar refractivity (Wildman–Crippen MR) is 81.9 cm³/mol. The fraction of sp³-hybridized carbons (Fsp3) is 0.688. The number of carbonyl (C=O) groups excluding carboxylic acids is 1. The van der Waals surface area contributed by atoms with E-state index in [1.165, 1.54) is 51.4 Å². The van der Waals surface area contributed by atoms with Crippen LogP contribution in [-0.4, -0.2) is 17.4 Å². The number of nitrogens with one attached hydrogen (secondary N) is 1. The van der Waals surface area contributed by atoms with Crippen molar-refractivity contribution in [3.8, 4) is 0 Å². The molecule has 0 unspecified atom stereocenters. The second kappa shape index (κ2) is 9.65. The van der Waals surface area contributed by atoms with E-state index >= 15 is 0 Å². The van der Waals surface area contributed by atoms with E-state index in [0.717, 1.165) is 24.3 Å². The lowest BCUT2D eigenvalue weighted by atomic mass is 10.1. The van der Waals surface area contributed by atoms with Crippen LogP contribution < -0.4 is 5.32 Å². The van der Waals surface area contributed by atoms with E-state index < -0.39 is 0 Å². The van der Waals surface area contributed by atoms with Crippen molar-refractivity contribution < 1.29 is 4.79 Å². The molecular weight excluding hydrogens is 236 g/mol. The standard InChI is InChI=1S/C16H28N2O/c1-3-4-5-6-7-8-9-10-13-17-16-12-11-15(14-19)18(16)2/h11-12,14,17H,3-10,13H2,1-2H3. The third-order valence-corrected chi connectivity index (χ3v) is 3.62. The molecule has 0 saturated carbocycles. The van der Waals surface area contributed by atoms with Crippen LogP contribution in [0, 0.1) is 0 Å². The minimum atomic E-state index is 0.721. The van der Waals surface area contributed by atoms with E-state index in [2.05, 4.69) is 12.2 Å². The van der Waals surface area contributed by atoms with Gasteiger partial charge in [0, 0.05) is 13.6 Å². The molecule has 0 spiro atoms. The van der Waals surface area contributed by atoms with Crippen molar-refractivity contribution in [3.05, 3.63) is 17.8 Å². The lowest BCUT2D eigenvalue weighted by Gasteiger charge is -2.08. The third kappa shape index (κ3) is 5.95. The first-order valence-corrected chi connectivity index (χ1v) is 7.64. The van der Waals surface area contributed by atoms with Gasteiger partial charge in [-0.1, -0.05) is 51.9 Å². The van der Waals surface area contributed by atoms with Crippen LogP contribution in [0.15, 0.2) is 12.1 Å². The van der Waals surface area contributed by atoms with Gasteiger partial charge in [0.2, 0.25) is 0 Å². The average molecular weight is 264 g/mol. The van der Waals surface area contributed by atoms with Crippen LogP contribution in [0.2, 0.25) is 0 Å². The summed E-state index contributed by atoms with van der Waals surface area (Å²) in [4.78, 5) is 10.7. The Bertz CT molecular complexity index is 358. The van der Waals surface area contributed by atoms with Gasteiger partial charge in [0.05, 0.1) is 5.69 Å². The lowest BCUT2D eigenvalue weighted by molar-refractivity contribution is 0.111. The number of rotatable bonds is 11. The van der Waals surface area contributed by atoms with Crippen LogP contribution in [0.5, 0.6) is 0 Å². The molecule has 0 aromatic carbocycles. The van der Waals surface area contributed by atoms with Crippen LogP contribution in [-0.2, 0) is 7.05 Å². The summed E-state index contributed by atoms with van der Waals surface area (Å²) in [7, 11) is 1.92. The number of hydrogen-bond donors (Lipinski definition) is 1. The highest BCUT2D eigenvalue weighted by molar-refractivity contribution is 5.74. The van der Waals surface area contributed by atoms with Crippen LogP contribution in [0.4, 0.5) is 5.82 Å². The summed E-state index contributed by atoms with van der Waals surface area (Å²) in [6, 6.07) is 3.82. The van der Waals surface area contributed by atoms with Gasteiger partial charge in [0.1, 0.15) is 5.82 Å². The molecule has 0 fully saturated rings. The molecule has 0 aliphatic heterocycles. The number of aromatic nitrogens is 1. The lowest BCUT2D eigenvalue weighted by Crippen LogP contribution is -2.06. The van der Waals surface area contributed by atoms with Crippen molar-refractivity contribution in [2.45, 2.75) is 58.3 Å². The zero-order valence-electron chi connectivity index (χ0n) is 12.5. The van der Waals surface area contributed by atoms with Crippen molar-refractivity contribution >= 4 is 12.1 Å². The first-order valence-electron chi connectivity index (χ1n) is 7.64. The van der Waals surface area contributed by atoms with Gasteiger partial charge in [-0.05, 0) is 18.6 Å². The topological polar surface area (TPSA) is 34.0 Å². The van der Waals surface area contributed by atoms with Crippen LogP contribution in [0.3, 0.4) is 0 Å². The second-order valence-corrected chi connectivity index (χ2v) is 5.22. The Labute approximate surface area is 117 Å². The van der Waals surface area contributed by atoms with E-state index in [1.807, 2.05) is 23.7 Å². The minimum Gasteiger partial charge on any atom is -0.371 e. The SMILES string of the molecule is CCCCCCCCCCNc1ccc(C=O)n1C. The fourth-order valence-corrected chi connectivity index (χ4v) is 2.30. The smallest absolute Gasteiger partial charge is 0.166 e. The number of anilines is 1.